The molecule has 8 nitrogen and oxygen atoms in total. The number of fused-ring (bicyclic) bond motifs is 5. The maximum Gasteiger partial charge on any atom is 0.305 e. The average Bonchev–Trinajstić information content (AvgIpc) is 3.36. The summed E-state index contributed by atoms with van der Waals surface area (Å²) >= 11 is 0. The second kappa shape index (κ2) is 14.1. The Hall–Kier alpha value is -2.45. The van der Waals surface area contributed by atoms with Crippen molar-refractivity contribution < 1.29 is 38.1 Å². The molecule has 0 aromatic carbocycles. The summed E-state index contributed by atoms with van der Waals surface area (Å²) in [5, 5.41) is 0. The summed E-state index contributed by atoms with van der Waals surface area (Å²) in [4.78, 5) is 34.5. The van der Waals surface area contributed by atoms with Gasteiger partial charge in [-0.05, 0) is 118 Å². The van der Waals surface area contributed by atoms with Crippen molar-refractivity contribution in [3.8, 4) is 0 Å². The summed E-state index contributed by atoms with van der Waals surface area (Å²) in [5.74, 6) is 1.90. The minimum absolute atomic E-state index is 0.0000934. The van der Waals surface area contributed by atoms with Gasteiger partial charge in [0, 0.05) is 20.3 Å². The van der Waals surface area contributed by atoms with Crippen LogP contribution in [0.2, 0.25) is 0 Å². The summed E-state index contributed by atoms with van der Waals surface area (Å²) in [6.45, 7) is 10.1. The van der Waals surface area contributed by atoms with E-state index >= 15 is 0 Å². The third-order valence-corrected chi connectivity index (χ3v) is 12.1. The van der Waals surface area contributed by atoms with E-state index in [-0.39, 0.29) is 24.1 Å². The SMILES string of the molecule is COC(=O)CCC/C=C(\C)[C@H]1CCC2[C@@H]3CC=C4C[C@@H](OC5C=C[C@H](OC(C)=O)[C@@H](COC(C)=O)O5)CC[C@]4(C)C3CC[C@@]21C. The Bertz CT molecular complexity index is 1200. The number of rotatable bonds is 10. The molecule has 0 N–H and O–H groups in total. The molecule has 0 amide bonds. The zero-order valence-electron chi connectivity index (χ0n) is 28.2. The highest BCUT2D eigenvalue weighted by molar-refractivity contribution is 5.69. The first-order chi connectivity index (χ1) is 21.4. The van der Waals surface area contributed by atoms with Gasteiger partial charge in [-0.25, -0.2) is 0 Å². The van der Waals surface area contributed by atoms with Crippen molar-refractivity contribution in [2.75, 3.05) is 13.7 Å². The molecule has 0 spiro atoms. The number of methoxy groups -OCH3 is 1. The Kier molecular flexibility index (Phi) is 10.6. The van der Waals surface area contributed by atoms with E-state index in [1.165, 1.54) is 52.2 Å². The molecule has 1 aliphatic heterocycles. The van der Waals surface area contributed by atoms with Gasteiger partial charge in [-0.1, -0.05) is 37.1 Å². The number of allylic oxidation sites excluding steroid dienone is 3. The van der Waals surface area contributed by atoms with E-state index in [1.54, 1.807) is 11.6 Å². The number of carbonyl (C=O) groups is 3. The molecule has 250 valence electrons. The van der Waals surface area contributed by atoms with E-state index in [0.717, 1.165) is 50.4 Å². The smallest absolute Gasteiger partial charge is 0.305 e. The summed E-state index contributed by atoms with van der Waals surface area (Å²) in [5.41, 5.74) is 3.63. The fourth-order valence-corrected chi connectivity index (χ4v) is 9.84. The van der Waals surface area contributed by atoms with Gasteiger partial charge in [-0.2, -0.15) is 0 Å². The Morgan fingerprint density at radius 2 is 1.80 bits per heavy atom. The van der Waals surface area contributed by atoms with Gasteiger partial charge < -0.3 is 23.7 Å². The lowest BCUT2D eigenvalue weighted by atomic mass is 9.47. The summed E-state index contributed by atoms with van der Waals surface area (Å²) in [7, 11) is 1.46. The van der Waals surface area contributed by atoms with Crippen LogP contribution in [-0.4, -0.2) is 56.2 Å². The van der Waals surface area contributed by atoms with Crippen molar-refractivity contribution in [1.29, 1.82) is 0 Å². The molecule has 0 radical (unpaired) electrons. The van der Waals surface area contributed by atoms with Gasteiger partial charge in [0.2, 0.25) is 0 Å². The van der Waals surface area contributed by atoms with Gasteiger partial charge in [0.05, 0.1) is 13.2 Å². The molecule has 1 heterocycles. The van der Waals surface area contributed by atoms with E-state index in [9.17, 15) is 14.4 Å². The molecule has 45 heavy (non-hydrogen) atoms. The van der Waals surface area contributed by atoms with E-state index in [0.29, 0.717) is 23.7 Å². The third-order valence-electron chi connectivity index (χ3n) is 12.1. The molecule has 0 aromatic rings. The van der Waals surface area contributed by atoms with Crippen LogP contribution < -0.4 is 0 Å². The first kappa shape index (κ1) is 33.9. The highest BCUT2D eigenvalue weighted by Gasteiger charge is 2.58. The highest BCUT2D eigenvalue weighted by atomic mass is 16.7. The van der Waals surface area contributed by atoms with Crippen molar-refractivity contribution in [2.24, 2.45) is 34.5 Å². The first-order valence-electron chi connectivity index (χ1n) is 17.2. The molecule has 3 fully saturated rings. The molecule has 5 aliphatic rings. The average molecular weight is 627 g/mol. The van der Waals surface area contributed by atoms with Crippen molar-refractivity contribution in [3.05, 3.63) is 35.5 Å². The minimum Gasteiger partial charge on any atom is -0.469 e. The van der Waals surface area contributed by atoms with E-state index in [4.69, 9.17) is 23.7 Å². The van der Waals surface area contributed by atoms with Crippen molar-refractivity contribution in [1.82, 2.24) is 0 Å². The number of hydrogen-bond acceptors (Lipinski definition) is 8. The lowest BCUT2D eigenvalue weighted by Gasteiger charge is -2.58. The second-order valence-corrected chi connectivity index (χ2v) is 14.7. The van der Waals surface area contributed by atoms with E-state index < -0.39 is 30.4 Å². The minimum atomic E-state index is -0.618. The van der Waals surface area contributed by atoms with E-state index in [2.05, 4.69) is 32.9 Å². The fraction of sp³-hybridized carbons (Fsp3) is 0.757. The third kappa shape index (κ3) is 7.27. The Morgan fingerprint density at radius 1 is 1.00 bits per heavy atom. The highest BCUT2D eigenvalue weighted by Crippen LogP contribution is 2.67. The standard InChI is InChI=1S/C37H54O8/c1-23(9-7-8-10-34(40)41-6)29-13-14-30-28-12-11-26-21-27(17-19-36(26,4)31(28)18-20-37(29,30)5)44-35-16-15-32(43-25(3)39)33(45-35)22-42-24(2)38/h9,11,15-16,27-33,35H,7-8,10,12-14,17-22H2,1-6H3/b23-9+/t27-,28-,29+,30?,31?,32-,33+,35?,36-,37+/m0/s1. The predicted molar refractivity (Wildman–Crippen MR) is 170 cm³/mol. The van der Waals surface area contributed by atoms with Gasteiger partial charge >= 0.3 is 17.9 Å². The van der Waals surface area contributed by atoms with Crippen LogP contribution in [-0.2, 0) is 38.1 Å². The summed E-state index contributed by atoms with van der Waals surface area (Å²) in [6, 6.07) is 0. The fourth-order valence-electron chi connectivity index (χ4n) is 9.84. The van der Waals surface area contributed by atoms with E-state index in [1.807, 2.05) is 6.08 Å². The molecule has 0 aromatic heterocycles. The zero-order valence-corrected chi connectivity index (χ0v) is 28.2. The number of esters is 3. The molecule has 3 saturated carbocycles. The Labute approximate surface area is 269 Å². The second-order valence-electron chi connectivity index (χ2n) is 14.7. The van der Waals surface area contributed by atoms with Gasteiger partial charge in [0.25, 0.3) is 0 Å². The van der Waals surface area contributed by atoms with Crippen molar-refractivity contribution in [3.63, 3.8) is 0 Å². The van der Waals surface area contributed by atoms with Crippen LogP contribution >= 0.6 is 0 Å². The maximum atomic E-state index is 11.6. The Morgan fingerprint density at radius 3 is 2.53 bits per heavy atom. The molecule has 4 aliphatic carbocycles. The topological polar surface area (TPSA) is 97.4 Å². The molecular formula is C37H54O8. The van der Waals surface area contributed by atoms with Gasteiger partial charge in [-0.3, -0.25) is 14.4 Å². The predicted octanol–water partition coefficient (Wildman–Crippen LogP) is 7.02. The van der Waals surface area contributed by atoms with Gasteiger partial charge in [0.15, 0.2) is 6.29 Å². The van der Waals surface area contributed by atoms with Crippen LogP contribution in [0, 0.1) is 34.5 Å². The van der Waals surface area contributed by atoms with Crippen molar-refractivity contribution >= 4 is 17.9 Å². The van der Waals surface area contributed by atoms with Gasteiger partial charge in [0.1, 0.15) is 18.8 Å². The largest absolute Gasteiger partial charge is 0.469 e. The van der Waals surface area contributed by atoms with Crippen LogP contribution in [0.1, 0.15) is 105 Å². The number of carbonyl (C=O) groups excluding carboxylic acids is 3. The summed E-state index contributed by atoms with van der Waals surface area (Å²) < 4.78 is 28.0. The monoisotopic (exact) mass is 626 g/mol. The maximum absolute atomic E-state index is 11.6. The lowest BCUT2D eigenvalue weighted by molar-refractivity contribution is -0.213. The molecular weight excluding hydrogens is 572 g/mol. The molecule has 8 heteroatoms. The molecule has 10 atom stereocenters. The molecule has 3 unspecified atom stereocenters. The normalized spacial score (nSPS) is 39.2. The van der Waals surface area contributed by atoms with Crippen LogP contribution in [0.3, 0.4) is 0 Å². The first-order valence-corrected chi connectivity index (χ1v) is 17.2. The number of hydrogen-bond donors (Lipinski definition) is 0. The van der Waals surface area contributed by atoms with Crippen LogP contribution in [0.15, 0.2) is 35.5 Å². The van der Waals surface area contributed by atoms with Crippen molar-refractivity contribution in [2.45, 2.75) is 130 Å². The summed E-state index contributed by atoms with van der Waals surface area (Å²) in [6.07, 6.45) is 18.4. The van der Waals surface area contributed by atoms with Crippen LogP contribution in [0.5, 0.6) is 0 Å². The number of ether oxygens (including phenoxy) is 5. The van der Waals surface area contributed by atoms with Crippen LogP contribution in [0.4, 0.5) is 0 Å². The van der Waals surface area contributed by atoms with Crippen LogP contribution in [0.25, 0.3) is 0 Å². The Balaban J connectivity index is 1.21. The van der Waals surface area contributed by atoms with Gasteiger partial charge in [-0.15, -0.1) is 0 Å². The molecule has 5 rings (SSSR count). The number of unbranched alkanes of at least 4 members (excludes halogenated alkanes) is 1. The molecule has 0 saturated heterocycles. The quantitative estimate of drug-likeness (QED) is 0.111. The zero-order chi connectivity index (χ0) is 32.4. The molecule has 0 bridgehead atoms. The lowest BCUT2D eigenvalue weighted by Crippen LogP contribution is -2.51.